The summed E-state index contributed by atoms with van der Waals surface area (Å²) in [7, 11) is 1.62. The summed E-state index contributed by atoms with van der Waals surface area (Å²) in [5, 5.41) is 7.04. The van der Waals surface area contributed by atoms with Crippen molar-refractivity contribution in [2.24, 2.45) is 0 Å². The molecule has 1 fully saturated rings. The molecule has 8 heteroatoms. The van der Waals surface area contributed by atoms with E-state index in [0.29, 0.717) is 31.6 Å². The summed E-state index contributed by atoms with van der Waals surface area (Å²) in [6.07, 6.45) is 6.33. The molecule has 162 valence electrons. The van der Waals surface area contributed by atoms with Crippen LogP contribution in [0.1, 0.15) is 31.7 Å². The van der Waals surface area contributed by atoms with Gasteiger partial charge in [-0.25, -0.2) is 0 Å². The van der Waals surface area contributed by atoms with Crippen molar-refractivity contribution in [2.75, 3.05) is 32.1 Å². The first kappa shape index (κ1) is 21.8. The Morgan fingerprint density at radius 3 is 2.93 bits per heavy atom. The smallest absolute Gasteiger partial charge is 0.244 e. The first-order valence-electron chi connectivity index (χ1n) is 10.4. The van der Waals surface area contributed by atoms with Gasteiger partial charge in [0.15, 0.2) is 0 Å². The topological polar surface area (TPSA) is 85.7 Å². The maximum absolute atomic E-state index is 12.6. The standard InChI is InChI=1S/C22H30N4O4/c1-3-25(15-19-8-6-12-30-19)22(28)16-26-14-18(13-23-26)24-21(27)11-10-17-7-4-5-9-20(17)29-2/h4-5,7,9,13-14,19H,3,6,8,10-12,15-16H2,1-2H3,(H,24,27). The Labute approximate surface area is 177 Å². The van der Waals surface area contributed by atoms with E-state index in [1.807, 2.05) is 31.2 Å². The molecule has 2 heterocycles. The molecule has 0 radical (unpaired) electrons. The van der Waals surface area contributed by atoms with Crippen LogP contribution in [0.15, 0.2) is 36.7 Å². The molecule has 0 bridgehead atoms. The number of aryl methyl sites for hydroxylation is 1. The maximum atomic E-state index is 12.6. The summed E-state index contributed by atoms with van der Waals surface area (Å²) < 4.78 is 12.5. The largest absolute Gasteiger partial charge is 0.496 e. The lowest BCUT2D eigenvalue weighted by Gasteiger charge is -2.23. The van der Waals surface area contributed by atoms with Crippen molar-refractivity contribution in [3.05, 3.63) is 42.2 Å². The zero-order chi connectivity index (χ0) is 21.3. The fourth-order valence-corrected chi connectivity index (χ4v) is 3.58. The van der Waals surface area contributed by atoms with Crippen LogP contribution >= 0.6 is 0 Å². The van der Waals surface area contributed by atoms with E-state index in [-0.39, 0.29) is 24.5 Å². The lowest BCUT2D eigenvalue weighted by molar-refractivity contribution is -0.133. The molecule has 0 spiro atoms. The molecule has 0 aliphatic carbocycles. The molecule has 3 rings (SSSR count). The van der Waals surface area contributed by atoms with Gasteiger partial charge < -0.3 is 19.7 Å². The van der Waals surface area contributed by atoms with Crippen LogP contribution in [0.3, 0.4) is 0 Å². The van der Waals surface area contributed by atoms with Crippen LogP contribution in [-0.4, -0.2) is 59.4 Å². The minimum atomic E-state index is -0.111. The van der Waals surface area contributed by atoms with Crippen molar-refractivity contribution in [1.82, 2.24) is 14.7 Å². The highest BCUT2D eigenvalue weighted by Gasteiger charge is 2.22. The van der Waals surface area contributed by atoms with Crippen LogP contribution in [0.4, 0.5) is 5.69 Å². The van der Waals surface area contributed by atoms with E-state index < -0.39 is 0 Å². The number of rotatable bonds is 10. The minimum absolute atomic E-state index is 0.00912. The number of likely N-dealkylation sites (N-methyl/N-ethyl adjacent to an activating group) is 1. The lowest BCUT2D eigenvalue weighted by atomic mass is 10.1. The number of benzene rings is 1. The number of carbonyl (C=O) groups excluding carboxylic acids is 2. The molecular weight excluding hydrogens is 384 g/mol. The van der Waals surface area contributed by atoms with Gasteiger partial charge in [-0.05, 0) is 37.8 Å². The van der Waals surface area contributed by atoms with Crippen molar-refractivity contribution in [3.8, 4) is 5.75 Å². The van der Waals surface area contributed by atoms with Crippen LogP contribution in [0, 0.1) is 0 Å². The Morgan fingerprint density at radius 1 is 1.37 bits per heavy atom. The van der Waals surface area contributed by atoms with Crippen molar-refractivity contribution < 1.29 is 19.1 Å². The summed E-state index contributed by atoms with van der Waals surface area (Å²) in [6.45, 7) is 4.12. The Hall–Kier alpha value is -2.87. The first-order valence-corrected chi connectivity index (χ1v) is 10.4. The molecule has 0 saturated carbocycles. The highest BCUT2D eigenvalue weighted by molar-refractivity contribution is 5.90. The van der Waals surface area contributed by atoms with Gasteiger partial charge in [0.2, 0.25) is 11.8 Å². The Bertz CT molecular complexity index is 845. The summed E-state index contributed by atoms with van der Waals surface area (Å²) in [5.74, 6) is 0.658. The number of amides is 2. The molecular formula is C22H30N4O4. The van der Waals surface area contributed by atoms with Crippen LogP contribution in [-0.2, 0) is 27.3 Å². The van der Waals surface area contributed by atoms with E-state index in [9.17, 15) is 9.59 Å². The molecule has 1 atom stereocenters. The summed E-state index contributed by atoms with van der Waals surface area (Å²) in [6, 6.07) is 7.66. The molecule has 1 unspecified atom stereocenters. The second-order valence-electron chi connectivity index (χ2n) is 7.35. The lowest BCUT2D eigenvalue weighted by Crippen LogP contribution is -2.39. The van der Waals surface area contributed by atoms with Gasteiger partial charge in [0, 0.05) is 32.3 Å². The van der Waals surface area contributed by atoms with Gasteiger partial charge in [-0.2, -0.15) is 5.10 Å². The number of nitrogens with zero attached hydrogens (tertiary/aromatic N) is 3. The zero-order valence-electron chi connectivity index (χ0n) is 17.7. The van der Waals surface area contributed by atoms with Gasteiger partial charge in [-0.1, -0.05) is 18.2 Å². The van der Waals surface area contributed by atoms with Crippen LogP contribution < -0.4 is 10.1 Å². The number of hydrogen-bond acceptors (Lipinski definition) is 5. The van der Waals surface area contributed by atoms with E-state index in [1.54, 1.807) is 29.1 Å². The SMILES string of the molecule is CCN(CC1CCCO1)C(=O)Cn1cc(NC(=O)CCc2ccccc2OC)cn1. The first-order chi connectivity index (χ1) is 14.6. The Kier molecular flexibility index (Phi) is 7.84. The zero-order valence-corrected chi connectivity index (χ0v) is 17.7. The van der Waals surface area contributed by atoms with Gasteiger partial charge in [-0.15, -0.1) is 0 Å². The fourth-order valence-electron chi connectivity index (χ4n) is 3.58. The maximum Gasteiger partial charge on any atom is 0.244 e. The number of ether oxygens (including phenoxy) is 2. The molecule has 1 aromatic carbocycles. The third kappa shape index (κ3) is 6.06. The average Bonchev–Trinajstić information content (AvgIpc) is 3.42. The van der Waals surface area contributed by atoms with Gasteiger partial charge in [0.05, 0.1) is 25.1 Å². The third-order valence-electron chi connectivity index (χ3n) is 5.21. The second kappa shape index (κ2) is 10.8. The average molecular weight is 415 g/mol. The molecule has 1 aliphatic rings. The monoisotopic (exact) mass is 414 g/mol. The Morgan fingerprint density at radius 2 is 2.20 bits per heavy atom. The Balaban J connectivity index is 1.47. The highest BCUT2D eigenvalue weighted by atomic mass is 16.5. The number of hydrogen-bond donors (Lipinski definition) is 1. The van der Waals surface area contributed by atoms with E-state index in [0.717, 1.165) is 30.8 Å². The van der Waals surface area contributed by atoms with Gasteiger partial charge in [0.25, 0.3) is 0 Å². The number of aromatic nitrogens is 2. The van der Waals surface area contributed by atoms with E-state index in [2.05, 4.69) is 10.4 Å². The summed E-state index contributed by atoms with van der Waals surface area (Å²) >= 11 is 0. The minimum Gasteiger partial charge on any atom is -0.496 e. The predicted molar refractivity (Wildman–Crippen MR) is 113 cm³/mol. The number of nitrogens with one attached hydrogen (secondary N) is 1. The van der Waals surface area contributed by atoms with Gasteiger partial charge in [0.1, 0.15) is 12.3 Å². The fraction of sp³-hybridized carbons (Fsp3) is 0.500. The quantitative estimate of drug-likeness (QED) is 0.646. The normalized spacial score (nSPS) is 15.7. The van der Waals surface area contributed by atoms with Gasteiger partial charge >= 0.3 is 0 Å². The predicted octanol–water partition coefficient (Wildman–Crippen LogP) is 2.49. The van der Waals surface area contributed by atoms with Crippen LogP contribution in [0.25, 0.3) is 0 Å². The van der Waals surface area contributed by atoms with Gasteiger partial charge in [-0.3, -0.25) is 14.3 Å². The summed E-state index contributed by atoms with van der Waals surface area (Å²) in [5.41, 5.74) is 1.57. The molecule has 1 aromatic heterocycles. The molecule has 2 amide bonds. The van der Waals surface area contributed by atoms with E-state index in [4.69, 9.17) is 9.47 Å². The molecule has 30 heavy (non-hydrogen) atoms. The van der Waals surface area contributed by atoms with E-state index >= 15 is 0 Å². The van der Waals surface area contributed by atoms with Crippen molar-refractivity contribution in [2.45, 2.75) is 45.3 Å². The third-order valence-corrected chi connectivity index (χ3v) is 5.21. The van der Waals surface area contributed by atoms with Crippen molar-refractivity contribution in [3.63, 3.8) is 0 Å². The number of methoxy groups -OCH3 is 1. The number of carbonyl (C=O) groups is 2. The van der Waals surface area contributed by atoms with Crippen molar-refractivity contribution in [1.29, 1.82) is 0 Å². The second-order valence-corrected chi connectivity index (χ2v) is 7.35. The molecule has 1 aliphatic heterocycles. The van der Waals surface area contributed by atoms with Crippen LogP contribution in [0.2, 0.25) is 0 Å². The molecule has 2 aromatic rings. The molecule has 1 N–H and O–H groups in total. The number of anilines is 1. The molecule has 1 saturated heterocycles. The summed E-state index contributed by atoms with van der Waals surface area (Å²) in [4.78, 5) is 26.7. The highest BCUT2D eigenvalue weighted by Crippen LogP contribution is 2.19. The van der Waals surface area contributed by atoms with Crippen LogP contribution in [0.5, 0.6) is 5.75 Å². The van der Waals surface area contributed by atoms with Crippen molar-refractivity contribution >= 4 is 17.5 Å². The number of para-hydroxylation sites is 1. The van der Waals surface area contributed by atoms with E-state index in [1.165, 1.54) is 0 Å². The molecule has 8 nitrogen and oxygen atoms in total.